The maximum absolute atomic E-state index is 3.83. The van der Waals surface area contributed by atoms with Crippen molar-refractivity contribution in [2.24, 2.45) is 17.8 Å². The average Bonchev–Trinajstić information content (AvgIpc) is 2.96. The third-order valence-corrected chi connectivity index (χ3v) is 3.64. The molecule has 0 bridgehead atoms. The van der Waals surface area contributed by atoms with E-state index < -0.39 is 0 Å². The van der Waals surface area contributed by atoms with Crippen molar-refractivity contribution in [3.8, 4) is 0 Å². The Morgan fingerprint density at radius 1 is 1.38 bits per heavy atom. The summed E-state index contributed by atoms with van der Waals surface area (Å²) in [5.41, 5.74) is 2.34. The van der Waals surface area contributed by atoms with Crippen LogP contribution >= 0.6 is 0 Å². The molecule has 0 spiro atoms. The highest BCUT2D eigenvalue weighted by atomic mass is 15.1. The van der Waals surface area contributed by atoms with Gasteiger partial charge in [-0.25, -0.2) is 0 Å². The van der Waals surface area contributed by atoms with Gasteiger partial charge < -0.3 is 4.90 Å². The Morgan fingerprint density at radius 2 is 2.12 bits per heavy atom. The van der Waals surface area contributed by atoms with Crippen molar-refractivity contribution in [3.63, 3.8) is 0 Å². The molecule has 2 aliphatic rings. The molecule has 0 aromatic rings. The van der Waals surface area contributed by atoms with E-state index in [0.29, 0.717) is 0 Å². The van der Waals surface area contributed by atoms with Crippen LogP contribution in [0.1, 0.15) is 6.92 Å². The van der Waals surface area contributed by atoms with Crippen LogP contribution in [0.5, 0.6) is 0 Å². The molecule has 1 fully saturated rings. The maximum atomic E-state index is 3.83. The normalized spacial score (nSPS) is 31.5. The summed E-state index contributed by atoms with van der Waals surface area (Å²) in [5, 5.41) is 0. The summed E-state index contributed by atoms with van der Waals surface area (Å²) in [6.45, 7) is 9.87. The Hall–Kier alpha value is -1.50. The smallest absolute Gasteiger partial charge is 0.0401 e. The van der Waals surface area contributed by atoms with Crippen molar-refractivity contribution in [3.05, 3.63) is 61.0 Å². The molecule has 0 radical (unpaired) electrons. The van der Waals surface area contributed by atoms with E-state index in [-0.39, 0.29) is 0 Å². The fourth-order valence-corrected chi connectivity index (χ4v) is 2.36. The highest BCUT2D eigenvalue weighted by molar-refractivity contribution is 5.36. The third kappa shape index (κ3) is 1.78. The molecule has 3 unspecified atom stereocenters. The fraction of sp³-hybridized carbons (Fsp3) is 0.333. The molecule has 16 heavy (non-hydrogen) atoms. The van der Waals surface area contributed by atoms with E-state index in [1.165, 1.54) is 5.70 Å². The second-order valence-corrected chi connectivity index (χ2v) is 4.55. The molecule has 1 saturated carbocycles. The van der Waals surface area contributed by atoms with Crippen molar-refractivity contribution < 1.29 is 0 Å². The molecule has 1 nitrogen and oxygen atoms in total. The average molecular weight is 213 g/mol. The van der Waals surface area contributed by atoms with Crippen LogP contribution in [-0.4, -0.2) is 11.9 Å². The van der Waals surface area contributed by atoms with Crippen LogP contribution in [0.2, 0.25) is 0 Å². The first kappa shape index (κ1) is 11.0. The van der Waals surface area contributed by atoms with E-state index in [4.69, 9.17) is 0 Å². The van der Waals surface area contributed by atoms with Crippen LogP contribution in [0.25, 0.3) is 0 Å². The molecule has 0 aliphatic heterocycles. The molecular weight excluding hydrogens is 194 g/mol. The van der Waals surface area contributed by atoms with Gasteiger partial charge in [-0.2, -0.15) is 0 Å². The SMILES string of the molecule is C=C/C=C(\C=C)N(C)C1=CC2C(C)C2C=C1. The van der Waals surface area contributed by atoms with Gasteiger partial charge in [-0.15, -0.1) is 0 Å². The zero-order valence-electron chi connectivity index (χ0n) is 10.1. The standard InChI is InChI=1S/C15H19N/c1-5-7-12(6-2)16(4)13-8-9-14-11(3)15(14)10-13/h5-11,14-15H,1-2H2,3-4H3/b12-7+. The minimum atomic E-state index is 0.747. The number of hydrogen-bond donors (Lipinski definition) is 0. The molecule has 0 amide bonds. The number of allylic oxidation sites excluding steroid dienone is 6. The van der Waals surface area contributed by atoms with Gasteiger partial charge in [-0.05, 0) is 36.0 Å². The van der Waals surface area contributed by atoms with Crippen molar-refractivity contribution in [1.29, 1.82) is 0 Å². The summed E-state index contributed by atoms with van der Waals surface area (Å²) in [7, 11) is 2.07. The van der Waals surface area contributed by atoms with Crippen molar-refractivity contribution in [1.82, 2.24) is 4.90 Å². The second-order valence-electron chi connectivity index (χ2n) is 4.55. The molecule has 0 aromatic heterocycles. The van der Waals surface area contributed by atoms with Gasteiger partial charge in [0, 0.05) is 18.4 Å². The first-order chi connectivity index (χ1) is 7.69. The summed E-state index contributed by atoms with van der Waals surface area (Å²) in [6, 6.07) is 0. The van der Waals surface area contributed by atoms with E-state index in [1.807, 2.05) is 12.2 Å². The Labute approximate surface area is 98.1 Å². The monoisotopic (exact) mass is 213 g/mol. The number of rotatable bonds is 4. The Morgan fingerprint density at radius 3 is 2.69 bits per heavy atom. The number of nitrogens with zero attached hydrogens (tertiary/aromatic N) is 1. The largest absolute Gasteiger partial charge is 0.345 e. The van der Waals surface area contributed by atoms with E-state index in [9.17, 15) is 0 Å². The minimum absolute atomic E-state index is 0.747. The quantitative estimate of drug-likeness (QED) is 0.646. The van der Waals surface area contributed by atoms with Crippen molar-refractivity contribution in [2.75, 3.05) is 7.05 Å². The molecule has 1 heteroatoms. The number of hydrogen-bond acceptors (Lipinski definition) is 1. The van der Waals surface area contributed by atoms with E-state index >= 15 is 0 Å². The van der Waals surface area contributed by atoms with Crippen molar-refractivity contribution in [2.45, 2.75) is 6.92 Å². The van der Waals surface area contributed by atoms with Crippen LogP contribution in [-0.2, 0) is 0 Å². The van der Waals surface area contributed by atoms with Gasteiger partial charge in [-0.1, -0.05) is 38.3 Å². The molecule has 0 aromatic carbocycles. The Balaban J connectivity index is 2.17. The minimum Gasteiger partial charge on any atom is -0.345 e. The zero-order valence-corrected chi connectivity index (χ0v) is 10.1. The molecule has 2 aliphatic carbocycles. The molecular formula is C15H19N. The summed E-state index contributed by atoms with van der Waals surface area (Å²) >= 11 is 0. The molecule has 0 saturated heterocycles. The molecule has 0 heterocycles. The van der Waals surface area contributed by atoms with Crippen LogP contribution < -0.4 is 0 Å². The summed E-state index contributed by atoms with van der Waals surface area (Å²) in [6.07, 6.45) is 12.5. The lowest BCUT2D eigenvalue weighted by Crippen LogP contribution is -2.15. The molecule has 2 rings (SSSR count). The second kappa shape index (κ2) is 4.17. The van der Waals surface area contributed by atoms with Gasteiger partial charge in [0.05, 0.1) is 0 Å². The third-order valence-electron chi connectivity index (χ3n) is 3.64. The summed E-state index contributed by atoms with van der Waals surface area (Å²) in [4.78, 5) is 2.16. The van der Waals surface area contributed by atoms with Gasteiger partial charge in [0.2, 0.25) is 0 Å². The lowest BCUT2D eigenvalue weighted by Gasteiger charge is -2.22. The first-order valence-electron chi connectivity index (χ1n) is 5.78. The van der Waals surface area contributed by atoms with Gasteiger partial charge >= 0.3 is 0 Å². The van der Waals surface area contributed by atoms with Crippen LogP contribution in [0, 0.1) is 17.8 Å². The predicted molar refractivity (Wildman–Crippen MR) is 69.6 cm³/mol. The predicted octanol–water partition coefficient (Wildman–Crippen LogP) is 3.51. The highest BCUT2D eigenvalue weighted by Crippen LogP contribution is 2.50. The molecule has 84 valence electrons. The number of fused-ring (bicyclic) bond motifs is 1. The Bertz CT molecular complexity index is 398. The van der Waals surface area contributed by atoms with E-state index in [0.717, 1.165) is 23.5 Å². The lowest BCUT2D eigenvalue weighted by molar-refractivity contribution is 0.546. The molecule has 3 atom stereocenters. The van der Waals surface area contributed by atoms with Crippen molar-refractivity contribution >= 4 is 0 Å². The summed E-state index contributed by atoms with van der Waals surface area (Å²) < 4.78 is 0. The van der Waals surface area contributed by atoms with E-state index in [1.54, 1.807) is 6.08 Å². The summed E-state index contributed by atoms with van der Waals surface area (Å²) in [5.74, 6) is 2.35. The zero-order chi connectivity index (χ0) is 11.7. The van der Waals surface area contributed by atoms with Crippen LogP contribution in [0.3, 0.4) is 0 Å². The van der Waals surface area contributed by atoms with Gasteiger partial charge in [0.25, 0.3) is 0 Å². The topological polar surface area (TPSA) is 3.24 Å². The van der Waals surface area contributed by atoms with Gasteiger partial charge in [0.1, 0.15) is 0 Å². The lowest BCUT2D eigenvalue weighted by atomic mass is 10.1. The van der Waals surface area contributed by atoms with Gasteiger partial charge in [-0.3, -0.25) is 0 Å². The van der Waals surface area contributed by atoms with Gasteiger partial charge in [0.15, 0.2) is 0 Å². The number of likely N-dealkylation sites (N-methyl/N-ethyl adjacent to an activating group) is 1. The Kier molecular flexibility index (Phi) is 2.86. The molecule has 0 N–H and O–H groups in total. The fourth-order valence-electron chi connectivity index (χ4n) is 2.36. The highest BCUT2D eigenvalue weighted by Gasteiger charge is 2.44. The van der Waals surface area contributed by atoms with E-state index in [2.05, 4.69) is 50.3 Å². The maximum Gasteiger partial charge on any atom is 0.0401 e. The van der Waals surface area contributed by atoms with Crippen LogP contribution in [0.4, 0.5) is 0 Å². The van der Waals surface area contributed by atoms with Crippen LogP contribution in [0.15, 0.2) is 61.0 Å². The first-order valence-corrected chi connectivity index (χ1v) is 5.78.